The Morgan fingerprint density at radius 3 is 2.61 bits per heavy atom. The monoisotopic (exact) mass is 519 g/mol. The first-order valence-corrected chi connectivity index (χ1v) is 11.1. The van der Waals surface area contributed by atoms with Gasteiger partial charge in [0.15, 0.2) is 10.7 Å². The fourth-order valence-electron chi connectivity index (χ4n) is 3.55. The molecule has 5 rings (SSSR count). The predicted octanol–water partition coefficient (Wildman–Crippen LogP) is 6.68. The van der Waals surface area contributed by atoms with E-state index in [1.54, 1.807) is 18.2 Å². The number of aromatic nitrogens is 1. The second-order valence-electron chi connectivity index (χ2n) is 7.26. The first-order chi connectivity index (χ1) is 16.0. The normalized spacial score (nSPS) is 11.0. The number of anilines is 1. The summed E-state index contributed by atoms with van der Waals surface area (Å²) in [5, 5.41) is 7.68. The van der Waals surface area contributed by atoms with Gasteiger partial charge >= 0.3 is 0 Å². The van der Waals surface area contributed by atoms with Crippen molar-refractivity contribution in [1.29, 1.82) is 0 Å². The van der Waals surface area contributed by atoms with Crippen LogP contribution in [-0.2, 0) is 0 Å². The summed E-state index contributed by atoms with van der Waals surface area (Å²) in [5.74, 6) is -0.487. The summed E-state index contributed by atoms with van der Waals surface area (Å²) in [6.07, 6.45) is 0. The minimum atomic E-state index is -0.501. The number of nitrogens with one attached hydrogen (secondary N) is 2. The molecule has 5 nitrogen and oxygen atoms in total. The van der Waals surface area contributed by atoms with E-state index in [9.17, 15) is 9.18 Å². The number of hydrogen-bond donors (Lipinski definition) is 2. The molecule has 5 aromatic rings. The van der Waals surface area contributed by atoms with Crippen LogP contribution in [0.25, 0.3) is 33.3 Å². The quantitative estimate of drug-likeness (QED) is 0.260. The molecule has 0 saturated carbocycles. The minimum absolute atomic E-state index is 0.0891. The lowest BCUT2D eigenvalue weighted by atomic mass is 10.0. The Balaban J connectivity index is 1.38. The third-order valence-electron chi connectivity index (χ3n) is 5.06. The highest BCUT2D eigenvalue weighted by Crippen LogP contribution is 2.34. The Labute approximate surface area is 201 Å². The van der Waals surface area contributed by atoms with Crippen LogP contribution >= 0.6 is 28.1 Å². The van der Waals surface area contributed by atoms with Gasteiger partial charge in [0.05, 0.1) is 0 Å². The number of rotatable bonds is 3. The molecule has 1 amide bonds. The van der Waals surface area contributed by atoms with Crippen LogP contribution in [0, 0.1) is 5.82 Å². The van der Waals surface area contributed by atoms with E-state index in [1.807, 2.05) is 36.4 Å². The van der Waals surface area contributed by atoms with Crippen molar-refractivity contribution in [3.05, 3.63) is 94.7 Å². The molecule has 1 heterocycles. The van der Waals surface area contributed by atoms with Crippen LogP contribution in [0.1, 0.15) is 10.4 Å². The Bertz CT molecular complexity index is 1550. The standard InChI is InChI=1S/C25H15BrFN3O2S/c26-20-9-3-6-17-18(20)7-2-8-19(17)24-29-21-13-16(10-11-22(21)32-24)28-25(33)30-23(31)14-4-1-5-15(27)12-14/h1-13H,(H2,28,30,31,33). The third kappa shape index (κ3) is 4.35. The summed E-state index contributed by atoms with van der Waals surface area (Å²) in [4.78, 5) is 16.9. The van der Waals surface area contributed by atoms with Crippen molar-refractivity contribution in [3.8, 4) is 11.5 Å². The lowest BCUT2D eigenvalue weighted by Gasteiger charge is -2.09. The molecule has 0 atom stereocenters. The number of fused-ring (bicyclic) bond motifs is 2. The zero-order chi connectivity index (χ0) is 22.9. The Morgan fingerprint density at radius 2 is 1.76 bits per heavy atom. The third-order valence-corrected chi connectivity index (χ3v) is 5.95. The highest BCUT2D eigenvalue weighted by molar-refractivity contribution is 9.10. The van der Waals surface area contributed by atoms with Gasteiger partial charge in [-0.2, -0.15) is 0 Å². The van der Waals surface area contributed by atoms with Crippen molar-refractivity contribution in [2.24, 2.45) is 0 Å². The second kappa shape index (κ2) is 8.73. The van der Waals surface area contributed by atoms with Crippen LogP contribution in [0.5, 0.6) is 0 Å². The Kier molecular flexibility index (Phi) is 5.62. The number of benzene rings is 4. The molecule has 0 unspecified atom stereocenters. The topological polar surface area (TPSA) is 67.2 Å². The number of hydrogen-bond acceptors (Lipinski definition) is 4. The van der Waals surface area contributed by atoms with E-state index in [-0.39, 0.29) is 10.7 Å². The number of carbonyl (C=O) groups excluding carboxylic acids is 1. The van der Waals surface area contributed by atoms with Gasteiger partial charge in [0.2, 0.25) is 5.89 Å². The van der Waals surface area contributed by atoms with Gasteiger partial charge in [0.1, 0.15) is 11.3 Å². The summed E-state index contributed by atoms with van der Waals surface area (Å²) >= 11 is 8.82. The molecule has 1 aromatic heterocycles. The molecule has 0 aliphatic heterocycles. The van der Waals surface area contributed by atoms with Crippen molar-refractivity contribution >= 4 is 66.7 Å². The number of nitrogens with zero attached hydrogens (tertiary/aromatic N) is 1. The maximum Gasteiger partial charge on any atom is 0.257 e. The predicted molar refractivity (Wildman–Crippen MR) is 135 cm³/mol. The van der Waals surface area contributed by atoms with E-state index < -0.39 is 11.7 Å². The molecular weight excluding hydrogens is 505 g/mol. The van der Waals surface area contributed by atoms with Crippen LogP contribution in [0.4, 0.5) is 10.1 Å². The first-order valence-electron chi connectivity index (χ1n) is 9.94. The van der Waals surface area contributed by atoms with Crippen LogP contribution in [0.2, 0.25) is 0 Å². The van der Waals surface area contributed by atoms with Crippen molar-refractivity contribution in [2.45, 2.75) is 0 Å². The van der Waals surface area contributed by atoms with Crippen molar-refractivity contribution in [2.75, 3.05) is 5.32 Å². The van der Waals surface area contributed by atoms with Crippen LogP contribution in [0.3, 0.4) is 0 Å². The maximum absolute atomic E-state index is 13.3. The molecule has 2 N–H and O–H groups in total. The molecule has 0 bridgehead atoms. The fraction of sp³-hybridized carbons (Fsp3) is 0. The Hall–Kier alpha value is -3.62. The van der Waals surface area contributed by atoms with Crippen molar-refractivity contribution in [1.82, 2.24) is 10.3 Å². The van der Waals surface area contributed by atoms with Gasteiger partial charge in [-0.3, -0.25) is 10.1 Å². The largest absolute Gasteiger partial charge is 0.436 e. The summed E-state index contributed by atoms with van der Waals surface area (Å²) in [5.41, 5.74) is 2.96. The summed E-state index contributed by atoms with van der Waals surface area (Å²) in [6.45, 7) is 0. The van der Waals surface area contributed by atoms with Crippen molar-refractivity contribution < 1.29 is 13.6 Å². The molecule has 33 heavy (non-hydrogen) atoms. The van der Waals surface area contributed by atoms with Crippen LogP contribution in [0.15, 0.2) is 87.8 Å². The minimum Gasteiger partial charge on any atom is -0.436 e. The summed E-state index contributed by atoms with van der Waals surface area (Å²) in [6, 6.07) is 22.7. The molecule has 8 heteroatoms. The second-order valence-corrected chi connectivity index (χ2v) is 8.52. The van der Waals surface area contributed by atoms with Crippen LogP contribution in [-0.4, -0.2) is 16.0 Å². The fourth-order valence-corrected chi connectivity index (χ4v) is 4.25. The number of oxazole rings is 1. The lowest BCUT2D eigenvalue weighted by molar-refractivity contribution is 0.0977. The van der Waals surface area contributed by atoms with Crippen molar-refractivity contribution in [3.63, 3.8) is 0 Å². The molecule has 0 fully saturated rings. The van der Waals surface area contributed by atoms with Crippen LogP contribution < -0.4 is 10.6 Å². The highest BCUT2D eigenvalue weighted by Gasteiger charge is 2.14. The van der Waals surface area contributed by atoms with Gasteiger partial charge in [-0.25, -0.2) is 9.37 Å². The highest BCUT2D eigenvalue weighted by atomic mass is 79.9. The molecule has 0 spiro atoms. The summed E-state index contributed by atoms with van der Waals surface area (Å²) < 4.78 is 20.3. The molecule has 0 aliphatic carbocycles. The zero-order valence-electron chi connectivity index (χ0n) is 16.9. The summed E-state index contributed by atoms with van der Waals surface area (Å²) in [7, 11) is 0. The number of amides is 1. The van der Waals surface area contributed by atoms with Gasteiger partial charge in [0, 0.05) is 21.3 Å². The number of carbonyl (C=O) groups is 1. The van der Waals surface area contributed by atoms with Gasteiger partial charge < -0.3 is 9.73 Å². The number of halogens is 2. The maximum atomic E-state index is 13.3. The average Bonchev–Trinajstić information content (AvgIpc) is 3.22. The van der Waals surface area contributed by atoms with E-state index in [4.69, 9.17) is 16.6 Å². The van der Waals surface area contributed by atoms with Gasteiger partial charge in [-0.15, -0.1) is 0 Å². The molecule has 0 saturated heterocycles. The Morgan fingerprint density at radius 1 is 0.970 bits per heavy atom. The molecule has 4 aromatic carbocycles. The molecular formula is C25H15BrFN3O2S. The van der Waals surface area contributed by atoms with Gasteiger partial charge in [0.25, 0.3) is 5.91 Å². The van der Waals surface area contributed by atoms with E-state index in [0.717, 1.165) is 26.9 Å². The van der Waals surface area contributed by atoms with Gasteiger partial charge in [-0.1, -0.05) is 46.3 Å². The van der Waals surface area contributed by atoms with E-state index >= 15 is 0 Å². The molecule has 0 radical (unpaired) electrons. The molecule has 162 valence electrons. The smallest absolute Gasteiger partial charge is 0.257 e. The van der Waals surface area contributed by atoms with Gasteiger partial charge in [-0.05, 0) is 71.5 Å². The SMILES string of the molecule is O=C(NC(=S)Nc1ccc2oc(-c3cccc4c(Br)cccc34)nc2c1)c1cccc(F)c1. The number of thiocarbonyl (C=S) groups is 1. The lowest BCUT2D eigenvalue weighted by Crippen LogP contribution is -2.34. The zero-order valence-corrected chi connectivity index (χ0v) is 19.3. The first kappa shape index (κ1) is 21.2. The van der Waals surface area contributed by atoms with E-state index in [2.05, 4.69) is 31.5 Å². The average molecular weight is 520 g/mol. The molecule has 0 aliphatic rings. The van der Waals surface area contributed by atoms with E-state index in [1.165, 1.54) is 18.2 Å². The van der Waals surface area contributed by atoms with E-state index in [0.29, 0.717) is 22.7 Å².